The van der Waals surface area contributed by atoms with Gasteiger partial charge in [0, 0.05) is 6.61 Å². The third kappa shape index (κ3) is 9.14. The second kappa shape index (κ2) is 9.32. The van der Waals surface area contributed by atoms with E-state index in [4.69, 9.17) is 14.2 Å². The normalized spacial score (nSPS) is 9.69. The monoisotopic (exact) mass is 190 g/mol. The average Bonchev–Trinajstić information content (AvgIpc) is 2.13. The summed E-state index contributed by atoms with van der Waals surface area (Å²) in [5.74, 6) is 0. The molecule has 0 atom stereocenters. The summed E-state index contributed by atoms with van der Waals surface area (Å²) in [5, 5.41) is 0. The second-order valence-corrected chi connectivity index (χ2v) is 2.50. The smallest absolute Gasteiger partial charge is 0.434 e. The van der Waals surface area contributed by atoms with Gasteiger partial charge in [0.15, 0.2) is 0 Å². The summed E-state index contributed by atoms with van der Waals surface area (Å²) < 4.78 is 14.4. The highest BCUT2D eigenvalue weighted by molar-refractivity contribution is 5.59. The van der Waals surface area contributed by atoms with E-state index in [1.165, 1.54) is 0 Å². The van der Waals surface area contributed by atoms with Crippen LogP contribution in [-0.2, 0) is 14.2 Å². The summed E-state index contributed by atoms with van der Waals surface area (Å²) in [5.41, 5.74) is 0. The molecule has 0 spiro atoms. The average molecular weight is 190 g/mol. The largest absolute Gasteiger partial charge is 0.508 e. The number of carbonyl (C=O) groups excluding carboxylic acids is 1. The van der Waals surface area contributed by atoms with Gasteiger partial charge in [0.1, 0.15) is 6.61 Å². The summed E-state index contributed by atoms with van der Waals surface area (Å²) in [6.07, 6.45) is 1.28. The Kier molecular flexibility index (Phi) is 8.77. The van der Waals surface area contributed by atoms with Gasteiger partial charge in [-0.1, -0.05) is 13.3 Å². The lowest BCUT2D eigenvalue weighted by Gasteiger charge is -2.05. The first kappa shape index (κ1) is 12.2. The minimum Gasteiger partial charge on any atom is -0.434 e. The maximum atomic E-state index is 10.8. The molecule has 0 radical (unpaired) electrons. The minimum atomic E-state index is -0.604. The van der Waals surface area contributed by atoms with Crippen molar-refractivity contribution >= 4 is 6.16 Å². The van der Waals surface area contributed by atoms with Crippen molar-refractivity contribution in [2.24, 2.45) is 0 Å². The van der Waals surface area contributed by atoms with Crippen LogP contribution in [0.4, 0.5) is 4.79 Å². The van der Waals surface area contributed by atoms with E-state index in [9.17, 15) is 4.79 Å². The van der Waals surface area contributed by atoms with Gasteiger partial charge in [0.25, 0.3) is 0 Å². The Morgan fingerprint density at radius 3 is 2.38 bits per heavy atom. The molecule has 13 heavy (non-hydrogen) atoms. The van der Waals surface area contributed by atoms with Crippen LogP contribution in [0.3, 0.4) is 0 Å². The Morgan fingerprint density at radius 2 is 1.77 bits per heavy atom. The number of carbonyl (C=O) groups is 1. The van der Waals surface area contributed by atoms with Crippen LogP contribution in [0.1, 0.15) is 26.7 Å². The van der Waals surface area contributed by atoms with Gasteiger partial charge in [-0.05, 0) is 13.3 Å². The van der Waals surface area contributed by atoms with Gasteiger partial charge in [-0.15, -0.1) is 0 Å². The standard InChI is InChI=1S/C9H18O4/c1-3-5-6-12-9(10)13-8-7-11-4-2/h3-8H2,1-2H3. The molecule has 0 aromatic heterocycles. The summed E-state index contributed by atoms with van der Waals surface area (Å²) in [6.45, 7) is 5.68. The van der Waals surface area contributed by atoms with E-state index in [2.05, 4.69) is 0 Å². The van der Waals surface area contributed by atoms with Crippen molar-refractivity contribution in [1.29, 1.82) is 0 Å². The molecule has 0 saturated carbocycles. The van der Waals surface area contributed by atoms with Crippen molar-refractivity contribution in [2.75, 3.05) is 26.4 Å². The van der Waals surface area contributed by atoms with E-state index < -0.39 is 6.16 Å². The van der Waals surface area contributed by atoms with Crippen LogP contribution in [0.5, 0.6) is 0 Å². The molecule has 0 aliphatic heterocycles. The van der Waals surface area contributed by atoms with Crippen molar-refractivity contribution in [3.05, 3.63) is 0 Å². The minimum absolute atomic E-state index is 0.263. The maximum absolute atomic E-state index is 10.8. The molecule has 0 amide bonds. The number of hydrogen-bond acceptors (Lipinski definition) is 4. The van der Waals surface area contributed by atoms with Crippen LogP contribution in [0.25, 0.3) is 0 Å². The molecule has 0 aliphatic rings. The lowest BCUT2D eigenvalue weighted by atomic mass is 10.4. The summed E-state index contributed by atoms with van der Waals surface area (Å²) >= 11 is 0. The van der Waals surface area contributed by atoms with Gasteiger partial charge in [0.05, 0.1) is 13.2 Å². The molecule has 0 unspecified atom stereocenters. The van der Waals surface area contributed by atoms with E-state index in [1.807, 2.05) is 13.8 Å². The van der Waals surface area contributed by atoms with Gasteiger partial charge in [-0.2, -0.15) is 0 Å². The molecule has 0 aromatic rings. The first-order valence-corrected chi connectivity index (χ1v) is 4.68. The van der Waals surface area contributed by atoms with Crippen LogP contribution in [0.2, 0.25) is 0 Å². The number of unbranched alkanes of at least 4 members (excludes halogenated alkanes) is 1. The molecule has 0 heterocycles. The first-order chi connectivity index (χ1) is 6.31. The van der Waals surface area contributed by atoms with Crippen molar-refractivity contribution in [3.63, 3.8) is 0 Å². The van der Waals surface area contributed by atoms with Gasteiger partial charge in [0.2, 0.25) is 0 Å². The molecule has 0 rings (SSSR count). The Labute approximate surface area is 79.2 Å². The Balaban J connectivity index is 3.11. The highest BCUT2D eigenvalue weighted by Gasteiger charge is 2.01. The van der Waals surface area contributed by atoms with E-state index in [1.54, 1.807) is 0 Å². The van der Waals surface area contributed by atoms with Crippen molar-refractivity contribution in [3.8, 4) is 0 Å². The molecule has 4 heteroatoms. The fraction of sp³-hybridized carbons (Fsp3) is 0.889. The quantitative estimate of drug-likeness (QED) is 0.455. The molecule has 0 fully saturated rings. The molecule has 0 aliphatic carbocycles. The van der Waals surface area contributed by atoms with Crippen LogP contribution in [0, 0.1) is 0 Å². The summed E-state index contributed by atoms with van der Waals surface area (Å²) in [7, 11) is 0. The predicted molar refractivity (Wildman–Crippen MR) is 48.7 cm³/mol. The predicted octanol–water partition coefficient (Wildman–Crippen LogP) is 1.98. The maximum Gasteiger partial charge on any atom is 0.508 e. The third-order valence-corrected chi connectivity index (χ3v) is 1.37. The highest BCUT2D eigenvalue weighted by atomic mass is 16.7. The van der Waals surface area contributed by atoms with Crippen LogP contribution in [-0.4, -0.2) is 32.6 Å². The number of rotatable bonds is 7. The molecule has 4 nitrogen and oxygen atoms in total. The first-order valence-electron chi connectivity index (χ1n) is 4.68. The Bertz CT molecular complexity index is 125. The zero-order valence-electron chi connectivity index (χ0n) is 8.38. The van der Waals surface area contributed by atoms with Crippen LogP contribution in [0.15, 0.2) is 0 Å². The molecular formula is C9H18O4. The zero-order valence-corrected chi connectivity index (χ0v) is 8.38. The topological polar surface area (TPSA) is 44.8 Å². The lowest BCUT2D eigenvalue weighted by Crippen LogP contribution is -2.12. The van der Waals surface area contributed by atoms with Crippen molar-refractivity contribution < 1.29 is 19.0 Å². The fourth-order valence-electron chi connectivity index (χ4n) is 0.670. The number of ether oxygens (including phenoxy) is 3. The lowest BCUT2D eigenvalue weighted by molar-refractivity contribution is 0.0289. The molecule has 78 valence electrons. The number of hydrogen-bond donors (Lipinski definition) is 0. The zero-order chi connectivity index (χ0) is 9.94. The molecule has 0 aromatic carbocycles. The van der Waals surface area contributed by atoms with E-state index in [0.29, 0.717) is 19.8 Å². The van der Waals surface area contributed by atoms with Crippen molar-refractivity contribution in [1.82, 2.24) is 0 Å². The van der Waals surface area contributed by atoms with E-state index in [-0.39, 0.29) is 6.61 Å². The summed E-state index contributed by atoms with van der Waals surface area (Å²) in [4.78, 5) is 10.8. The second-order valence-electron chi connectivity index (χ2n) is 2.50. The summed E-state index contributed by atoms with van der Waals surface area (Å²) in [6, 6.07) is 0. The Morgan fingerprint density at radius 1 is 1.08 bits per heavy atom. The van der Waals surface area contributed by atoms with Gasteiger partial charge >= 0.3 is 6.16 Å². The molecule has 0 N–H and O–H groups in total. The Hall–Kier alpha value is -0.770. The molecule has 0 saturated heterocycles. The SMILES string of the molecule is CCCCOC(=O)OCCOCC. The van der Waals surface area contributed by atoms with E-state index >= 15 is 0 Å². The highest BCUT2D eigenvalue weighted by Crippen LogP contribution is 1.91. The fourth-order valence-corrected chi connectivity index (χ4v) is 0.670. The van der Waals surface area contributed by atoms with Gasteiger partial charge in [-0.25, -0.2) is 4.79 Å². The van der Waals surface area contributed by atoms with Crippen LogP contribution < -0.4 is 0 Å². The molecule has 0 bridgehead atoms. The van der Waals surface area contributed by atoms with Crippen LogP contribution >= 0.6 is 0 Å². The van der Waals surface area contributed by atoms with Crippen molar-refractivity contribution in [2.45, 2.75) is 26.7 Å². The van der Waals surface area contributed by atoms with Gasteiger partial charge in [-0.3, -0.25) is 0 Å². The van der Waals surface area contributed by atoms with E-state index in [0.717, 1.165) is 12.8 Å². The molecular weight excluding hydrogens is 172 g/mol. The third-order valence-electron chi connectivity index (χ3n) is 1.37. The van der Waals surface area contributed by atoms with Gasteiger partial charge < -0.3 is 14.2 Å².